The van der Waals surface area contributed by atoms with E-state index in [-0.39, 0.29) is 5.91 Å². The Morgan fingerprint density at radius 1 is 1.27 bits per heavy atom. The molecule has 22 heavy (non-hydrogen) atoms. The summed E-state index contributed by atoms with van der Waals surface area (Å²) in [6.07, 6.45) is 4.30. The van der Waals surface area contributed by atoms with Gasteiger partial charge in [-0.05, 0) is 51.6 Å². The third-order valence-electron chi connectivity index (χ3n) is 5.11. The first kappa shape index (κ1) is 15.5. The molecule has 0 bridgehead atoms. The minimum Gasteiger partial charge on any atom is -0.334 e. The Balaban J connectivity index is 1.80. The Labute approximate surface area is 132 Å². The summed E-state index contributed by atoms with van der Waals surface area (Å²) in [5.74, 6) is 0.556. The van der Waals surface area contributed by atoms with Crippen LogP contribution in [0.1, 0.15) is 61.8 Å². The summed E-state index contributed by atoms with van der Waals surface area (Å²) in [4.78, 5) is 14.9. The molecule has 1 aromatic heterocycles. The standard InChI is InChI=1S/C16H27N5O/c1-11(2)14-5-4-10-20(14)16(22)15-12(3)21(19-18-15)13-6-8-17-9-7-13/h11,13-14,17H,4-10H2,1-3H3. The zero-order valence-corrected chi connectivity index (χ0v) is 13.9. The molecule has 6 nitrogen and oxygen atoms in total. The quantitative estimate of drug-likeness (QED) is 0.924. The summed E-state index contributed by atoms with van der Waals surface area (Å²) in [6.45, 7) is 9.23. The molecular formula is C16H27N5O. The predicted molar refractivity (Wildman–Crippen MR) is 84.8 cm³/mol. The maximum Gasteiger partial charge on any atom is 0.276 e. The lowest BCUT2D eigenvalue weighted by Gasteiger charge is -2.27. The van der Waals surface area contributed by atoms with Crippen LogP contribution >= 0.6 is 0 Å². The van der Waals surface area contributed by atoms with Gasteiger partial charge in [-0.25, -0.2) is 4.68 Å². The van der Waals surface area contributed by atoms with Gasteiger partial charge in [-0.3, -0.25) is 4.79 Å². The highest BCUT2D eigenvalue weighted by Gasteiger charge is 2.34. The fourth-order valence-electron chi connectivity index (χ4n) is 3.81. The third kappa shape index (κ3) is 2.76. The van der Waals surface area contributed by atoms with Crippen LogP contribution in [0.3, 0.4) is 0 Å². The lowest BCUT2D eigenvalue weighted by atomic mass is 10.0. The Morgan fingerprint density at radius 3 is 2.68 bits per heavy atom. The molecule has 2 saturated heterocycles. The van der Waals surface area contributed by atoms with Crippen LogP contribution in [0.4, 0.5) is 0 Å². The number of hydrogen-bond acceptors (Lipinski definition) is 4. The van der Waals surface area contributed by atoms with Gasteiger partial charge in [0, 0.05) is 12.6 Å². The number of likely N-dealkylation sites (tertiary alicyclic amines) is 1. The Bertz CT molecular complexity index is 533. The molecule has 0 radical (unpaired) electrons. The van der Waals surface area contributed by atoms with Crippen LogP contribution in [0, 0.1) is 12.8 Å². The number of rotatable bonds is 3. The van der Waals surface area contributed by atoms with Gasteiger partial charge in [0.05, 0.1) is 11.7 Å². The second-order valence-corrected chi connectivity index (χ2v) is 6.90. The summed E-state index contributed by atoms with van der Waals surface area (Å²) >= 11 is 0. The van der Waals surface area contributed by atoms with Crippen LogP contribution in [0.5, 0.6) is 0 Å². The molecule has 2 aliphatic rings. The fraction of sp³-hybridized carbons (Fsp3) is 0.812. The van der Waals surface area contributed by atoms with Crippen LogP contribution < -0.4 is 5.32 Å². The molecule has 3 rings (SSSR count). The van der Waals surface area contributed by atoms with E-state index in [1.807, 2.05) is 16.5 Å². The van der Waals surface area contributed by atoms with Crippen molar-refractivity contribution in [3.05, 3.63) is 11.4 Å². The summed E-state index contributed by atoms with van der Waals surface area (Å²) in [5.41, 5.74) is 1.47. The molecule has 1 atom stereocenters. The minimum atomic E-state index is 0.0638. The summed E-state index contributed by atoms with van der Waals surface area (Å²) in [6, 6.07) is 0.714. The van der Waals surface area contributed by atoms with Crippen molar-refractivity contribution < 1.29 is 4.79 Å². The molecule has 1 N–H and O–H groups in total. The Morgan fingerprint density at radius 2 is 2.00 bits per heavy atom. The van der Waals surface area contributed by atoms with Gasteiger partial charge in [-0.15, -0.1) is 5.10 Å². The first-order valence-corrected chi connectivity index (χ1v) is 8.53. The van der Waals surface area contributed by atoms with Crippen molar-refractivity contribution in [3.8, 4) is 0 Å². The number of carbonyl (C=O) groups is 1. The highest BCUT2D eigenvalue weighted by molar-refractivity contribution is 5.93. The number of hydrogen-bond donors (Lipinski definition) is 1. The molecule has 0 aliphatic carbocycles. The monoisotopic (exact) mass is 305 g/mol. The smallest absolute Gasteiger partial charge is 0.276 e. The summed E-state index contributed by atoms with van der Waals surface area (Å²) in [5, 5.41) is 11.9. The minimum absolute atomic E-state index is 0.0638. The fourth-order valence-corrected chi connectivity index (χ4v) is 3.81. The number of nitrogens with one attached hydrogen (secondary N) is 1. The van der Waals surface area contributed by atoms with Gasteiger partial charge >= 0.3 is 0 Å². The van der Waals surface area contributed by atoms with Crippen molar-refractivity contribution in [2.75, 3.05) is 19.6 Å². The van der Waals surface area contributed by atoms with Crippen LogP contribution in [-0.2, 0) is 0 Å². The molecule has 3 heterocycles. The van der Waals surface area contributed by atoms with Crippen LogP contribution in [0.2, 0.25) is 0 Å². The van der Waals surface area contributed by atoms with Gasteiger partial charge in [0.1, 0.15) is 0 Å². The van der Waals surface area contributed by atoms with E-state index < -0.39 is 0 Å². The second kappa shape index (κ2) is 6.36. The number of nitrogens with zero attached hydrogens (tertiary/aromatic N) is 4. The SMILES string of the molecule is Cc1c(C(=O)N2CCCC2C(C)C)nnn1C1CCNCC1. The number of aromatic nitrogens is 3. The van der Waals surface area contributed by atoms with Crippen molar-refractivity contribution in [1.29, 1.82) is 0 Å². The number of piperidine rings is 1. The van der Waals surface area contributed by atoms with Gasteiger partial charge in [0.2, 0.25) is 0 Å². The molecule has 1 aromatic rings. The largest absolute Gasteiger partial charge is 0.334 e. The summed E-state index contributed by atoms with van der Waals surface area (Å²) < 4.78 is 1.97. The van der Waals surface area contributed by atoms with Gasteiger partial charge in [-0.1, -0.05) is 19.1 Å². The molecule has 0 spiro atoms. The molecule has 6 heteroatoms. The molecule has 2 aliphatic heterocycles. The van der Waals surface area contributed by atoms with Crippen molar-refractivity contribution >= 4 is 5.91 Å². The van der Waals surface area contributed by atoms with E-state index in [0.29, 0.717) is 23.7 Å². The predicted octanol–water partition coefficient (Wildman–Crippen LogP) is 1.77. The molecule has 0 aromatic carbocycles. The molecular weight excluding hydrogens is 278 g/mol. The lowest BCUT2D eigenvalue weighted by Crippen LogP contribution is -2.39. The highest BCUT2D eigenvalue weighted by Crippen LogP contribution is 2.27. The Hall–Kier alpha value is -1.43. The molecule has 0 saturated carbocycles. The number of amides is 1. The zero-order valence-electron chi connectivity index (χ0n) is 13.9. The van der Waals surface area contributed by atoms with Crippen LogP contribution in [-0.4, -0.2) is 51.5 Å². The van der Waals surface area contributed by atoms with Gasteiger partial charge in [-0.2, -0.15) is 0 Å². The maximum absolute atomic E-state index is 12.9. The zero-order chi connectivity index (χ0) is 15.7. The van der Waals surface area contributed by atoms with Gasteiger partial charge in [0.25, 0.3) is 5.91 Å². The van der Waals surface area contributed by atoms with Crippen molar-refractivity contribution in [2.24, 2.45) is 5.92 Å². The first-order chi connectivity index (χ1) is 10.6. The van der Waals surface area contributed by atoms with E-state index in [4.69, 9.17) is 0 Å². The summed E-state index contributed by atoms with van der Waals surface area (Å²) in [7, 11) is 0. The highest BCUT2D eigenvalue weighted by atomic mass is 16.2. The van der Waals surface area contributed by atoms with E-state index >= 15 is 0 Å². The molecule has 2 fully saturated rings. The molecule has 1 amide bonds. The lowest BCUT2D eigenvalue weighted by molar-refractivity contribution is 0.0694. The molecule has 1 unspecified atom stereocenters. The second-order valence-electron chi connectivity index (χ2n) is 6.90. The van der Waals surface area contributed by atoms with E-state index in [1.165, 1.54) is 0 Å². The van der Waals surface area contributed by atoms with Gasteiger partial charge in [0.15, 0.2) is 5.69 Å². The van der Waals surface area contributed by atoms with E-state index in [1.54, 1.807) is 0 Å². The average molecular weight is 305 g/mol. The van der Waals surface area contributed by atoms with Crippen LogP contribution in [0.15, 0.2) is 0 Å². The topological polar surface area (TPSA) is 63.1 Å². The molecule has 122 valence electrons. The average Bonchev–Trinajstić information content (AvgIpc) is 3.14. The van der Waals surface area contributed by atoms with Crippen LogP contribution in [0.25, 0.3) is 0 Å². The number of carbonyl (C=O) groups excluding carboxylic acids is 1. The van der Waals surface area contributed by atoms with Crippen molar-refractivity contribution in [2.45, 2.75) is 58.5 Å². The van der Waals surface area contributed by atoms with E-state index in [0.717, 1.165) is 51.0 Å². The normalized spacial score (nSPS) is 23.5. The van der Waals surface area contributed by atoms with Crippen molar-refractivity contribution in [1.82, 2.24) is 25.2 Å². The van der Waals surface area contributed by atoms with E-state index in [2.05, 4.69) is 29.5 Å². The first-order valence-electron chi connectivity index (χ1n) is 8.53. The maximum atomic E-state index is 12.9. The third-order valence-corrected chi connectivity index (χ3v) is 5.11. The Kier molecular flexibility index (Phi) is 4.47. The van der Waals surface area contributed by atoms with Crippen molar-refractivity contribution in [3.63, 3.8) is 0 Å². The van der Waals surface area contributed by atoms with Gasteiger partial charge < -0.3 is 10.2 Å². The van der Waals surface area contributed by atoms with E-state index in [9.17, 15) is 4.79 Å².